The first-order valence-corrected chi connectivity index (χ1v) is 7.17. The Labute approximate surface area is 112 Å². The van der Waals surface area contributed by atoms with Crippen molar-refractivity contribution in [3.8, 4) is 0 Å². The van der Waals surface area contributed by atoms with Crippen molar-refractivity contribution in [2.75, 3.05) is 5.73 Å². The van der Waals surface area contributed by atoms with Gasteiger partial charge >= 0.3 is 0 Å². The monoisotopic (exact) mass is 274 g/mol. The molecule has 1 aromatic carbocycles. The second kappa shape index (κ2) is 4.91. The summed E-state index contributed by atoms with van der Waals surface area (Å²) in [5.74, 6) is 0.861. The minimum Gasteiger partial charge on any atom is -0.374 e. The van der Waals surface area contributed by atoms with Crippen molar-refractivity contribution >= 4 is 39.1 Å². The number of nitrogens with zero attached hydrogens (tertiary/aromatic N) is 3. The number of hydrogen-bond donors (Lipinski definition) is 1. The summed E-state index contributed by atoms with van der Waals surface area (Å²) in [5.41, 5.74) is 7.81. The molecule has 3 rings (SSSR count). The minimum absolute atomic E-state index is 0.514. The minimum atomic E-state index is 0.514. The number of rotatable bonds is 3. The summed E-state index contributed by atoms with van der Waals surface area (Å²) in [7, 11) is 0. The average molecular weight is 274 g/mol. The highest BCUT2D eigenvalue weighted by Crippen LogP contribution is 2.27. The van der Waals surface area contributed by atoms with Crippen molar-refractivity contribution in [1.82, 2.24) is 15.2 Å². The van der Waals surface area contributed by atoms with Gasteiger partial charge in [0.1, 0.15) is 0 Å². The summed E-state index contributed by atoms with van der Waals surface area (Å²) in [6.45, 7) is 0. The maximum absolute atomic E-state index is 5.55. The van der Waals surface area contributed by atoms with E-state index in [-0.39, 0.29) is 0 Å². The van der Waals surface area contributed by atoms with E-state index in [2.05, 4.69) is 33.4 Å². The van der Waals surface area contributed by atoms with E-state index in [0.717, 1.165) is 21.0 Å². The maximum Gasteiger partial charge on any atom is 0.203 e. The molecular weight excluding hydrogens is 264 g/mol. The molecule has 18 heavy (non-hydrogen) atoms. The Bertz CT molecular complexity index is 680. The summed E-state index contributed by atoms with van der Waals surface area (Å²) in [5, 5.41) is 9.46. The quantitative estimate of drug-likeness (QED) is 0.744. The molecule has 2 heterocycles. The molecular formula is C12H10N4S2. The molecule has 0 spiro atoms. The molecule has 0 amide bonds. The number of aromatic nitrogens is 3. The van der Waals surface area contributed by atoms with Gasteiger partial charge in [-0.25, -0.2) is 0 Å². The number of hydrogen-bond acceptors (Lipinski definition) is 6. The Hall–Kier alpha value is -1.66. The fourth-order valence-electron chi connectivity index (χ4n) is 1.64. The van der Waals surface area contributed by atoms with Crippen LogP contribution in [0.5, 0.6) is 0 Å². The molecule has 0 saturated carbocycles. The topological polar surface area (TPSA) is 64.7 Å². The van der Waals surface area contributed by atoms with Crippen LogP contribution in [0.1, 0.15) is 5.56 Å². The zero-order valence-corrected chi connectivity index (χ0v) is 11.0. The number of pyridine rings is 1. The second-order valence-corrected chi connectivity index (χ2v) is 5.96. The average Bonchev–Trinajstić information content (AvgIpc) is 2.82. The first kappa shape index (κ1) is 11.4. The van der Waals surface area contributed by atoms with Gasteiger partial charge in [-0.2, -0.15) is 0 Å². The van der Waals surface area contributed by atoms with Crippen LogP contribution in [0.2, 0.25) is 0 Å². The number of thioether (sulfide) groups is 1. The van der Waals surface area contributed by atoms with Gasteiger partial charge in [0.05, 0.1) is 5.52 Å². The molecule has 4 nitrogen and oxygen atoms in total. The summed E-state index contributed by atoms with van der Waals surface area (Å²) in [6.07, 6.45) is 1.81. The van der Waals surface area contributed by atoms with Gasteiger partial charge in [-0.3, -0.25) is 4.98 Å². The van der Waals surface area contributed by atoms with Crippen LogP contribution in [0.3, 0.4) is 0 Å². The number of fused-ring (bicyclic) bond motifs is 1. The van der Waals surface area contributed by atoms with Gasteiger partial charge < -0.3 is 5.73 Å². The highest BCUT2D eigenvalue weighted by molar-refractivity contribution is 8.00. The molecule has 0 bridgehead atoms. The molecule has 0 aliphatic carbocycles. The molecule has 2 aromatic heterocycles. The van der Waals surface area contributed by atoms with Gasteiger partial charge in [-0.15, -0.1) is 10.2 Å². The third kappa shape index (κ3) is 2.44. The molecule has 0 fully saturated rings. The van der Waals surface area contributed by atoms with Crippen LogP contribution in [0.25, 0.3) is 10.9 Å². The number of nitrogen functional groups attached to an aromatic ring is 1. The normalized spacial score (nSPS) is 10.9. The molecule has 0 aliphatic heterocycles. The Morgan fingerprint density at radius 1 is 1.22 bits per heavy atom. The lowest BCUT2D eigenvalue weighted by atomic mass is 10.1. The molecule has 6 heteroatoms. The molecule has 0 saturated heterocycles. The van der Waals surface area contributed by atoms with Gasteiger partial charge in [0, 0.05) is 17.3 Å². The van der Waals surface area contributed by atoms with E-state index < -0.39 is 0 Å². The third-order valence-electron chi connectivity index (χ3n) is 2.45. The molecule has 3 aromatic rings. The van der Waals surface area contributed by atoms with E-state index in [0.29, 0.717) is 5.13 Å². The van der Waals surface area contributed by atoms with Gasteiger partial charge in [-0.05, 0) is 23.8 Å². The summed E-state index contributed by atoms with van der Waals surface area (Å²) in [4.78, 5) is 4.30. The smallest absolute Gasteiger partial charge is 0.203 e. The highest BCUT2D eigenvalue weighted by atomic mass is 32.2. The van der Waals surface area contributed by atoms with Crippen LogP contribution in [-0.4, -0.2) is 15.2 Å². The SMILES string of the molecule is Nc1nnc(SCc2ccc3ncccc3c2)s1. The van der Waals surface area contributed by atoms with E-state index in [1.165, 1.54) is 16.9 Å². The lowest BCUT2D eigenvalue weighted by Gasteiger charge is -2.01. The van der Waals surface area contributed by atoms with Gasteiger partial charge in [0.25, 0.3) is 0 Å². The van der Waals surface area contributed by atoms with Crippen LogP contribution in [-0.2, 0) is 5.75 Å². The second-order valence-electron chi connectivity index (χ2n) is 3.73. The molecule has 90 valence electrons. The lowest BCUT2D eigenvalue weighted by Crippen LogP contribution is -1.83. The van der Waals surface area contributed by atoms with Crippen molar-refractivity contribution in [1.29, 1.82) is 0 Å². The van der Waals surface area contributed by atoms with Crippen molar-refractivity contribution < 1.29 is 0 Å². The van der Waals surface area contributed by atoms with Gasteiger partial charge in [0.15, 0.2) is 4.34 Å². The molecule has 2 N–H and O–H groups in total. The van der Waals surface area contributed by atoms with Crippen molar-refractivity contribution in [3.05, 3.63) is 42.1 Å². The van der Waals surface area contributed by atoms with Crippen molar-refractivity contribution in [2.24, 2.45) is 0 Å². The first-order chi connectivity index (χ1) is 8.81. The first-order valence-electron chi connectivity index (χ1n) is 5.37. The zero-order valence-electron chi connectivity index (χ0n) is 9.41. The van der Waals surface area contributed by atoms with E-state index in [1.54, 1.807) is 18.0 Å². The lowest BCUT2D eigenvalue weighted by molar-refractivity contribution is 1.02. The van der Waals surface area contributed by atoms with E-state index >= 15 is 0 Å². The molecule has 0 radical (unpaired) electrons. The zero-order chi connectivity index (χ0) is 12.4. The molecule has 0 atom stereocenters. The predicted octanol–water partition coefficient (Wildman–Crippen LogP) is 2.96. The number of nitrogens with two attached hydrogens (primary N) is 1. The Kier molecular flexibility index (Phi) is 3.12. The Balaban J connectivity index is 1.78. The van der Waals surface area contributed by atoms with Gasteiger partial charge in [0.2, 0.25) is 5.13 Å². The van der Waals surface area contributed by atoms with Crippen LogP contribution >= 0.6 is 23.1 Å². The standard InChI is InChI=1S/C12H10N4S2/c13-11-15-16-12(18-11)17-7-8-3-4-10-9(6-8)2-1-5-14-10/h1-6H,7H2,(H2,13,15). The van der Waals surface area contributed by atoms with Crippen LogP contribution in [0.4, 0.5) is 5.13 Å². The highest BCUT2D eigenvalue weighted by Gasteiger charge is 2.03. The fourth-order valence-corrected chi connectivity index (χ4v) is 3.22. The Morgan fingerprint density at radius 2 is 2.17 bits per heavy atom. The van der Waals surface area contributed by atoms with Crippen LogP contribution in [0, 0.1) is 0 Å². The van der Waals surface area contributed by atoms with Crippen molar-refractivity contribution in [3.63, 3.8) is 0 Å². The summed E-state index contributed by atoms with van der Waals surface area (Å²) < 4.78 is 0.902. The summed E-state index contributed by atoms with van der Waals surface area (Å²) in [6, 6.07) is 10.3. The van der Waals surface area contributed by atoms with E-state index in [4.69, 9.17) is 5.73 Å². The fraction of sp³-hybridized carbons (Fsp3) is 0.0833. The van der Waals surface area contributed by atoms with Crippen LogP contribution < -0.4 is 5.73 Å². The molecule has 0 aliphatic rings. The number of benzene rings is 1. The van der Waals surface area contributed by atoms with E-state index in [1.807, 2.05) is 12.1 Å². The van der Waals surface area contributed by atoms with E-state index in [9.17, 15) is 0 Å². The predicted molar refractivity (Wildman–Crippen MR) is 75.6 cm³/mol. The summed E-state index contributed by atoms with van der Waals surface area (Å²) >= 11 is 3.06. The molecule has 0 unspecified atom stereocenters. The largest absolute Gasteiger partial charge is 0.374 e. The Morgan fingerprint density at radius 3 is 3.00 bits per heavy atom. The van der Waals surface area contributed by atoms with Crippen molar-refractivity contribution in [2.45, 2.75) is 10.1 Å². The van der Waals surface area contributed by atoms with Crippen LogP contribution in [0.15, 0.2) is 40.9 Å². The third-order valence-corrected chi connectivity index (χ3v) is 4.41. The van der Waals surface area contributed by atoms with Gasteiger partial charge in [-0.1, -0.05) is 35.2 Å². The number of anilines is 1. The maximum atomic E-state index is 5.55.